The fourth-order valence-corrected chi connectivity index (χ4v) is 4.15. The number of benzene rings is 2. The molecule has 0 spiro atoms. The van der Waals surface area contributed by atoms with E-state index in [0.717, 1.165) is 15.4 Å². The summed E-state index contributed by atoms with van der Waals surface area (Å²) in [7, 11) is -2.35. The van der Waals surface area contributed by atoms with Gasteiger partial charge in [0.05, 0.1) is 11.4 Å². The number of hydrogen-bond acceptors (Lipinski definition) is 3. The molecule has 0 saturated carbocycles. The van der Waals surface area contributed by atoms with Crippen LogP contribution in [0.2, 0.25) is 0 Å². The minimum Gasteiger partial charge on any atom is -0.325 e. The Kier molecular flexibility index (Phi) is 5.20. The third kappa shape index (κ3) is 4.00. The predicted molar refractivity (Wildman–Crippen MR) is 99.3 cm³/mol. The molecule has 0 radical (unpaired) electrons. The highest BCUT2D eigenvalue weighted by Gasteiger charge is 2.27. The molecule has 0 fully saturated rings. The van der Waals surface area contributed by atoms with E-state index in [1.54, 1.807) is 6.08 Å². The van der Waals surface area contributed by atoms with Crippen LogP contribution in [0.25, 0.3) is 6.08 Å². The first kappa shape index (κ1) is 18.3. The molecule has 1 N–H and O–H groups in total. The number of sulfonamides is 1. The zero-order valence-electron chi connectivity index (χ0n) is 14.3. The molecule has 5 nitrogen and oxygen atoms in total. The van der Waals surface area contributed by atoms with Crippen molar-refractivity contribution in [2.24, 2.45) is 0 Å². The van der Waals surface area contributed by atoms with Crippen LogP contribution >= 0.6 is 0 Å². The Labute approximate surface area is 152 Å². The van der Waals surface area contributed by atoms with Gasteiger partial charge in [-0.25, -0.2) is 12.8 Å². The van der Waals surface area contributed by atoms with E-state index in [4.69, 9.17) is 0 Å². The van der Waals surface area contributed by atoms with Crippen LogP contribution in [-0.4, -0.2) is 32.2 Å². The van der Waals surface area contributed by atoms with Gasteiger partial charge in [-0.05, 0) is 54.3 Å². The molecular formula is C19H19FN2O3S. The van der Waals surface area contributed by atoms with Gasteiger partial charge in [0.1, 0.15) is 5.82 Å². The molecule has 1 aliphatic carbocycles. The summed E-state index contributed by atoms with van der Waals surface area (Å²) in [6.45, 7) is -0.321. The zero-order valence-corrected chi connectivity index (χ0v) is 15.1. The Hall–Kier alpha value is -2.51. The molecule has 2 aromatic carbocycles. The second-order valence-corrected chi connectivity index (χ2v) is 8.22. The summed E-state index contributed by atoms with van der Waals surface area (Å²) in [4.78, 5) is 12.4. The number of allylic oxidation sites excluding steroid dienone is 1. The Morgan fingerprint density at radius 2 is 1.81 bits per heavy atom. The topological polar surface area (TPSA) is 66.5 Å². The van der Waals surface area contributed by atoms with Crippen LogP contribution in [0.5, 0.6) is 0 Å². The summed E-state index contributed by atoms with van der Waals surface area (Å²) in [6.07, 6.45) is 2.72. The number of nitrogens with zero attached hydrogens (tertiary/aromatic N) is 1. The van der Waals surface area contributed by atoms with Crippen molar-refractivity contribution in [1.82, 2.24) is 4.31 Å². The lowest BCUT2D eigenvalue weighted by Gasteiger charge is -2.22. The lowest BCUT2D eigenvalue weighted by molar-refractivity contribution is -0.116. The van der Waals surface area contributed by atoms with Gasteiger partial charge in [-0.3, -0.25) is 4.79 Å². The van der Waals surface area contributed by atoms with Crippen LogP contribution in [0.3, 0.4) is 0 Å². The SMILES string of the molecule is CN(CC(=O)Nc1ccc(F)cc1)S(=O)(=O)C1=Cc2ccccc2CC1. The van der Waals surface area contributed by atoms with Crippen molar-refractivity contribution in [2.75, 3.05) is 18.9 Å². The Bertz CT molecular complexity index is 953. The zero-order chi connectivity index (χ0) is 18.7. The van der Waals surface area contributed by atoms with Gasteiger partial charge in [0.25, 0.3) is 0 Å². The van der Waals surface area contributed by atoms with E-state index in [1.807, 2.05) is 24.3 Å². The molecule has 7 heteroatoms. The van der Waals surface area contributed by atoms with Crippen LogP contribution in [-0.2, 0) is 21.2 Å². The molecule has 1 amide bonds. The van der Waals surface area contributed by atoms with Crippen molar-refractivity contribution in [3.8, 4) is 0 Å². The molecule has 0 unspecified atom stereocenters. The van der Waals surface area contributed by atoms with Crippen molar-refractivity contribution >= 4 is 27.7 Å². The maximum Gasteiger partial charge on any atom is 0.239 e. The van der Waals surface area contributed by atoms with Crippen molar-refractivity contribution in [2.45, 2.75) is 12.8 Å². The van der Waals surface area contributed by atoms with Crippen molar-refractivity contribution in [1.29, 1.82) is 0 Å². The van der Waals surface area contributed by atoms with Crippen molar-refractivity contribution in [3.05, 3.63) is 70.4 Å². The normalized spacial score (nSPS) is 13.9. The van der Waals surface area contributed by atoms with Gasteiger partial charge in [-0.2, -0.15) is 4.31 Å². The molecule has 0 saturated heterocycles. The van der Waals surface area contributed by atoms with Crippen LogP contribution in [0.15, 0.2) is 53.4 Å². The number of fused-ring (bicyclic) bond motifs is 1. The number of aryl methyl sites for hydroxylation is 1. The van der Waals surface area contributed by atoms with E-state index in [2.05, 4.69) is 5.32 Å². The third-order valence-corrected chi connectivity index (χ3v) is 6.18. The van der Waals surface area contributed by atoms with Crippen LogP contribution in [0, 0.1) is 5.82 Å². The van der Waals surface area contributed by atoms with E-state index in [-0.39, 0.29) is 6.54 Å². The Balaban J connectivity index is 1.70. The molecule has 2 aromatic rings. The number of anilines is 1. The monoisotopic (exact) mass is 374 g/mol. The summed E-state index contributed by atoms with van der Waals surface area (Å²) >= 11 is 0. The van der Waals surface area contributed by atoms with Gasteiger partial charge in [-0.15, -0.1) is 0 Å². The van der Waals surface area contributed by atoms with Gasteiger partial charge < -0.3 is 5.32 Å². The second-order valence-electron chi connectivity index (χ2n) is 6.13. The standard InChI is InChI=1S/C19H19FN2O3S/c1-22(13-19(23)21-17-9-7-16(20)8-10-17)26(24,25)18-11-6-14-4-2-3-5-15(14)12-18/h2-5,7-10,12H,6,11,13H2,1H3,(H,21,23). The lowest BCUT2D eigenvalue weighted by atomic mass is 9.98. The molecule has 0 aliphatic heterocycles. The molecule has 0 bridgehead atoms. The summed E-state index contributed by atoms with van der Waals surface area (Å²) in [5.74, 6) is -0.897. The van der Waals surface area contributed by atoms with Crippen LogP contribution in [0.1, 0.15) is 17.5 Å². The number of likely N-dealkylation sites (N-methyl/N-ethyl adjacent to an activating group) is 1. The first-order valence-electron chi connectivity index (χ1n) is 8.16. The smallest absolute Gasteiger partial charge is 0.239 e. The van der Waals surface area contributed by atoms with Gasteiger partial charge >= 0.3 is 0 Å². The van der Waals surface area contributed by atoms with E-state index < -0.39 is 21.7 Å². The highest BCUT2D eigenvalue weighted by molar-refractivity contribution is 7.93. The average Bonchev–Trinajstić information content (AvgIpc) is 2.63. The summed E-state index contributed by atoms with van der Waals surface area (Å²) in [6, 6.07) is 12.9. The minimum atomic E-state index is -3.73. The molecule has 0 atom stereocenters. The summed E-state index contributed by atoms with van der Waals surface area (Å²) in [5.41, 5.74) is 2.41. The minimum absolute atomic E-state index is 0.299. The van der Waals surface area contributed by atoms with Gasteiger partial charge in [0, 0.05) is 12.7 Å². The second kappa shape index (κ2) is 7.39. The van der Waals surface area contributed by atoms with Crippen LogP contribution < -0.4 is 5.32 Å². The predicted octanol–water partition coefficient (Wildman–Crippen LogP) is 3.01. The first-order chi connectivity index (χ1) is 12.4. The fraction of sp³-hybridized carbons (Fsp3) is 0.211. The molecular weight excluding hydrogens is 355 g/mol. The number of halogens is 1. The number of carbonyl (C=O) groups is 1. The van der Waals surface area contributed by atoms with E-state index in [9.17, 15) is 17.6 Å². The van der Waals surface area contributed by atoms with Gasteiger partial charge in [-0.1, -0.05) is 24.3 Å². The summed E-state index contributed by atoms with van der Waals surface area (Å²) in [5, 5.41) is 2.56. The van der Waals surface area contributed by atoms with E-state index >= 15 is 0 Å². The molecule has 3 rings (SSSR count). The fourth-order valence-electron chi connectivity index (χ4n) is 2.83. The molecule has 26 heavy (non-hydrogen) atoms. The van der Waals surface area contributed by atoms with Gasteiger partial charge in [0.15, 0.2) is 0 Å². The average molecular weight is 374 g/mol. The largest absolute Gasteiger partial charge is 0.325 e. The first-order valence-corrected chi connectivity index (χ1v) is 9.60. The van der Waals surface area contributed by atoms with E-state index in [0.29, 0.717) is 23.4 Å². The van der Waals surface area contributed by atoms with Crippen LogP contribution in [0.4, 0.5) is 10.1 Å². The number of carbonyl (C=O) groups excluding carboxylic acids is 1. The third-order valence-electron chi connectivity index (χ3n) is 4.25. The maximum atomic E-state index is 12.9. The van der Waals surface area contributed by atoms with Gasteiger partial charge in [0.2, 0.25) is 15.9 Å². The van der Waals surface area contributed by atoms with E-state index in [1.165, 1.54) is 31.3 Å². The number of nitrogens with one attached hydrogen (secondary N) is 1. The molecule has 0 aromatic heterocycles. The highest BCUT2D eigenvalue weighted by Crippen LogP contribution is 2.28. The maximum absolute atomic E-state index is 12.9. The van der Waals surface area contributed by atoms with Crippen molar-refractivity contribution in [3.63, 3.8) is 0 Å². The molecule has 136 valence electrons. The summed E-state index contributed by atoms with van der Waals surface area (Å²) < 4.78 is 39.4. The lowest BCUT2D eigenvalue weighted by Crippen LogP contribution is -2.36. The quantitative estimate of drug-likeness (QED) is 0.875. The Morgan fingerprint density at radius 1 is 1.12 bits per heavy atom. The highest BCUT2D eigenvalue weighted by atomic mass is 32.2. The number of hydrogen-bond donors (Lipinski definition) is 1. The Morgan fingerprint density at radius 3 is 2.54 bits per heavy atom. The molecule has 1 aliphatic rings. The number of rotatable bonds is 5. The number of amides is 1. The molecule has 0 heterocycles. The van der Waals surface area contributed by atoms with Crippen molar-refractivity contribution < 1.29 is 17.6 Å².